The predicted molar refractivity (Wildman–Crippen MR) is 116 cm³/mol. The lowest BCUT2D eigenvalue weighted by atomic mass is 10.1. The summed E-state index contributed by atoms with van der Waals surface area (Å²) in [6, 6.07) is 10.6. The molecule has 3 heterocycles. The highest BCUT2D eigenvalue weighted by molar-refractivity contribution is 7.91. The number of fused-ring (bicyclic) bond motifs is 1. The summed E-state index contributed by atoms with van der Waals surface area (Å²) in [6.07, 6.45) is 3.90. The molecule has 1 saturated heterocycles. The number of hydrogen-bond acceptors (Lipinski definition) is 8. The van der Waals surface area contributed by atoms with Crippen molar-refractivity contribution in [2.75, 3.05) is 43.5 Å². The largest absolute Gasteiger partial charge is 0.492 e. The van der Waals surface area contributed by atoms with Gasteiger partial charge in [0, 0.05) is 43.2 Å². The number of ether oxygens (including phenoxy) is 2. The molecule has 5 rings (SSSR count). The average molecular weight is 439 g/mol. The summed E-state index contributed by atoms with van der Waals surface area (Å²) in [5.41, 5.74) is 8.74. The fraction of sp³-hybridized carbons (Fsp3) is 0.273. The molecule has 0 bridgehead atoms. The minimum Gasteiger partial charge on any atom is -0.492 e. The Morgan fingerprint density at radius 1 is 0.968 bits per heavy atom. The quantitative estimate of drug-likeness (QED) is 0.661. The number of rotatable bonds is 4. The van der Waals surface area contributed by atoms with E-state index in [1.54, 1.807) is 36.7 Å². The van der Waals surface area contributed by atoms with Gasteiger partial charge in [-0.05, 0) is 35.4 Å². The summed E-state index contributed by atoms with van der Waals surface area (Å²) in [4.78, 5) is 10.6. The maximum absolute atomic E-state index is 13.7. The molecule has 3 aromatic rings. The number of nitrogen functional groups attached to an aromatic ring is 1. The van der Waals surface area contributed by atoms with Gasteiger partial charge in [-0.1, -0.05) is 12.1 Å². The zero-order chi connectivity index (χ0) is 21.4. The minimum absolute atomic E-state index is 0.165. The highest BCUT2D eigenvalue weighted by Gasteiger charge is 2.28. The lowest BCUT2D eigenvalue weighted by Gasteiger charge is -2.29. The topological polar surface area (TPSA) is 108 Å². The molecular weight excluding hydrogens is 416 g/mol. The third-order valence-electron chi connectivity index (χ3n) is 5.55. The van der Waals surface area contributed by atoms with Crippen LogP contribution in [-0.2, 0) is 21.0 Å². The molecule has 9 heteroatoms. The van der Waals surface area contributed by atoms with Crippen LogP contribution in [0.4, 0.5) is 11.6 Å². The van der Waals surface area contributed by atoms with Crippen molar-refractivity contribution in [2.24, 2.45) is 0 Å². The first-order valence-electron chi connectivity index (χ1n) is 10.1. The SMILES string of the molecule is Nc1ncc(-c2cc(N3CCOCC3)cc(S(=O)(=O)c3cccc4c3OCC4)c2)cn1. The molecule has 160 valence electrons. The lowest BCUT2D eigenvalue weighted by molar-refractivity contribution is 0.122. The Morgan fingerprint density at radius 2 is 1.74 bits per heavy atom. The van der Waals surface area contributed by atoms with Crippen molar-refractivity contribution in [3.8, 4) is 16.9 Å². The van der Waals surface area contributed by atoms with Crippen LogP contribution in [0.25, 0.3) is 11.1 Å². The standard InChI is InChI=1S/C22H22N4O4S/c23-22-24-13-17(14-25-22)16-10-18(26-5-8-29-9-6-26)12-19(11-16)31(27,28)20-3-1-2-15-4-7-30-21(15)20/h1-3,10-14H,4-9H2,(H2,23,24,25). The number of nitrogens with zero attached hydrogens (tertiary/aromatic N) is 3. The Morgan fingerprint density at radius 3 is 2.52 bits per heavy atom. The van der Waals surface area contributed by atoms with E-state index in [9.17, 15) is 8.42 Å². The molecule has 0 radical (unpaired) electrons. The first kappa shape index (κ1) is 19.8. The van der Waals surface area contributed by atoms with Gasteiger partial charge in [0.25, 0.3) is 0 Å². The number of benzene rings is 2. The molecule has 0 spiro atoms. The molecule has 1 fully saturated rings. The molecule has 2 aromatic carbocycles. The molecule has 8 nitrogen and oxygen atoms in total. The Labute approximate surface area is 180 Å². The zero-order valence-corrected chi connectivity index (χ0v) is 17.6. The van der Waals surface area contributed by atoms with E-state index in [0.717, 1.165) is 11.3 Å². The second-order valence-electron chi connectivity index (χ2n) is 7.49. The number of nitrogens with two attached hydrogens (primary N) is 1. The summed E-state index contributed by atoms with van der Waals surface area (Å²) in [5, 5.41) is 0. The Balaban J connectivity index is 1.66. The fourth-order valence-corrected chi connectivity index (χ4v) is 5.42. The van der Waals surface area contributed by atoms with Crippen molar-refractivity contribution in [3.05, 3.63) is 54.4 Å². The van der Waals surface area contributed by atoms with E-state index < -0.39 is 9.84 Å². The Kier molecular flexibility index (Phi) is 4.99. The average Bonchev–Trinajstić information content (AvgIpc) is 3.29. The molecule has 31 heavy (non-hydrogen) atoms. The van der Waals surface area contributed by atoms with Crippen LogP contribution in [0.15, 0.2) is 58.6 Å². The lowest BCUT2D eigenvalue weighted by Crippen LogP contribution is -2.36. The maximum Gasteiger partial charge on any atom is 0.219 e. The van der Waals surface area contributed by atoms with Crippen LogP contribution in [0, 0.1) is 0 Å². The molecular formula is C22H22N4O4S. The van der Waals surface area contributed by atoms with Crippen molar-refractivity contribution in [2.45, 2.75) is 16.2 Å². The normalized spacial score (nSPS) is 16.1. The molecule has 2 N–H and O–H groups in total. The summed E-state index contributed by atoms with van der Waals surface area (Å²) in [6.45, 7) is 3.05. The van der Waals surface area contributed by atoms with Gasteiger partial charge in [-0.25, -0.2) is 18.4 Å². The third kappa shape index (κ3) is 3.70. The monoisotopic (exact) mass is 438 g/mol. The van der Waals surface area contributed by atoms with E-state index in [1.807, 2.05) is 12.1 Å². The first-order valence-corrected chi connectivity index (χ1v) is 11.6. The second kappa shape index (κ2) is 7.82. The van der Waals surface area contributed by atoms with Gasteiger partial charge in [0.2, 0.25) is 15.8 Å². The van der Waals surface area contributed by atoms with E-state index in [0.29, 0.717) is 56.2 Å². The van der Waals surface area contributed by atoms with Crippen LogP contribution >= 0.6 is 0 Å². The number of para-hydroxylation sites is 1. The van der Waals surface area contributed by atoms with Crippen LogP contribution in [0.2, 0.25) is 0 Å². The molecule has 0 amide bonds. The van der Waals surface area contributed by atoms with E-state index in [4.69, 9.17) is 15.2 Å². The van der Waals surface area contributed by atoms with Crippen LogP contribution in [0.3, 0.4) is 0 Å². The number of hydrogen-bond donors (Lipinski definition) is 1. The molecule has 1 aromatic heterocycles. The van der Waals surface area contributed by atoms with Crippen LogP contribution < -0.4 is 15.4 Å². The first-order chi connectivity index (χ1) is 15.0. The van der Waals surface area contributed by atoms with Gasteiger partial charge in [-0.15, -0.1) is 0 Å². The summed E-state index contributed by atoms with van der Waals surface area (Å²) in [7, 11) is -3.81. The summed E-state index contributed by atoms with van der Waals surface area (Å²) in [5.74, 6) is 0.620. The van der Waals surface area contributed by atoms with Gasteiger partial charge >= 0.3 is 0 Å². The van der Waals surface area contributed by atoms with Crippen molar-refractivity contribution < 1.29 is 17.9 Å². The second-order valence-corrected chi connectivity index (χ2v) is 9.41. The van der Waals surface area contributed by atoms with Gasteiger partial charge in [-0.3, -0.25) is 0 Å². The van der Waals surface area contributed by atoms with Crippen LogP contribution in [0.1, 0.15) is 5.56 Å². The number of morpholine rings is 1. The van der Waals surface area contributed by atoms with E-state index >= 15 is 0 Å². The van der Waals surface area contributed by atoms with Gasteiger partial charge in [0.15, 0.2) is 0 Å². The molecule has 0 aliphatic carbocycles. The molecule has 0 atom stereocenters. The Bertz CT molecular complexity index is 1220. The van der Waals surface area contributed by atoms with Crippen molar-refractivity contribution >= 4 is 21.5 Å². The van der Waals surface area contributed by atoms with Gasteiger partial charge < -0.3 is 20.1 Å². The predicted octanol–water partition coefficient (Wildman–Crippen LogP) is 2.33. The van der Waals surface area contributed by atoms with Crippen LogP contribution in [-0.4, -0.2) is 51.3 Å². The zero-order valence-electron chi connectivity index (χ0n) is 16.8. The smallest absolute Gasteiger partial charge is 0.219 e. The van der Waals surface area contributed by atoms with Crippen molar-refractivity contribution in [1.29, 1.82) is 0 Å². The van der Waals surface area contributed by atoms with Gasteiger partial charge in [0.05, 0.1) is 24.7 Å². The van der Waals surface area contributed by atoms with Crippen molar-refractivity contribution in [3.63, 3.8) is 0 Å². The molecule has 0 unspecified atom stereocenters. The number of aromatic nitrogens is 2. The third-order valence-corrected chi connectivity index (χ3v) is 7.31. The molecule has 2 aliphatic heterocycles. The number of sulfone groups is 1. The molecule has 0 saturated carbocycles. The highest BCUT2D eigenvalue weighted by Crippen LogP contribution is 2.38. The number of anilines is 2. The van der Waals surface area contributed by atoms with Crippen molar-refractivity contribution in [1.82, 2.24) is 9.97 Å². The minimum atomic E-state index is -3.81. The summed E-state index contributed by atoms with van der Waals surface area (Å²) < 4.78 is 38.5. The van der Waals surface area contributed by atoms with E-state index in [1.165, 1.54) is 0 Å². The van der Waals surface area contributed by atoms with E-state index in [-0.39, 0.29) is 15.7 Å². The van der Waals surface area contributed by atoms with Gasteiger partial charge in [-0.2, -0.15) is 0 Å². The maximum atomic E-state index is 13.7. The highest BCUT2D eigenvalue weighted by atomic mass is 32.2. The molecule has 2 aliphatic rings. The van der Waals surface area contributed by atoms with Crippen LogP contribution in [0.5, 0.6) is 5.75 Å². The Hall–Kier alpha value is -3.17. The fourth-order valence-electron chi connectivity index (χ4n) is 3.92. The van der Waals surface area contributed by atoms with Gasteiger partial charge in [0.1, 0.15) is 10.6 Å². The van der Waals surface area contributed by atoms with E-state index in [2.05, 4.69) is 14.9 Å². The summed E-state index contributed by atoms with van der Waals surface area (Å²) >= 11 is 0.